The Kier molecular flexibility index (Phi) is 5.21. The molecule has 0 radical (unpaired) electrons. The first-order chi connectivity index (χ1) is 12.1. The van der Waals surface area contributed by atoms with Crippen molar-refractivity contribution in [1.82, 2.24) is 0 Å². The molecule has 2 atom stereocenters. The van der Waals surface area contributed by atoms with Crippen LogP contribution < -0.4 is 0 Å². The predicted molar refractivity (Wildman–Crippen MR) is 83.7 cm³/mol. The maximum absolute atomic E-state index is 13.8. The van der Waals surface area contributed by atoms with Gasteiger partial charge in [0.05, 0.1) is 12.5 Å². The number of alkyl halides is 2. The molecule has 0 bridgehead atoms. The van der Waals surface area contributed by atoms with E-state index < -0.39 is 46.7 Å². The average Bonchev–Trinajstić information content (AvgIpc) is 2.91. The third-order valence-electron chi connectivity index (χ3n) is 4.87. The quantitative estimate of drug-likeness (QED) is 0.486. The molecule has 1 heterocycles. The van der Waals surface area contributed by atoms with Crippen LogP contribution in [0, 0.1) is 28.6 Å². The zero-order valence-corrected chi connectivity index (χ0v) is 14.3. The number of hydrogen-bond donors (Lipinski definition) is 1. The van der Waals surface area contributed by atoms with E-state index in [4.69, 9.17) is 4.42 Å². The van der Waals surface area contributed by atoms with Gasteiger partial charge in [-0.3, -0.25) is 4.79 Å². The number of carbonyl (C=O) groups is 2. The van der Waals surface area contributed by atoms with Gasteiger partial charge < -0.3 is 14.3 Å². The predicted octanol–water partition coefficient (Wildman–Crippen LogP) is 3.71. The van der Waals surface area contributed by atoms with Gasteiger partial charge in [-0.2, -0.15) is 4.39 Å². The largest absolute Gasteiger partial charge is 0.481 e. The summed E-state index contributed by atoms with van der Waals surface area (Å²) in [6, 6.07) is 2.34. The molecule has 2 rings (SSSR count). The van der Waals surface area contributed by atoms with Crippen LogP contribution in [0.3, 0.4) is 0 Å². The number of ether oxygens (including phenoxy) is 1. The topological polar surface area (TPSA) is 76.7 Å². The molecule has 0 aromatic carbocycles. The van der Waals surface area contributed by atoms with E-state index in [2.05, 4.69) is 16.6 Å². The SMILES string of the molecule is COC(=O)/C(F)=C/[C@H]1C(C)(C)[C@]1(CC#Cc1ccc(C(F)F)o1)C(=O)O. The molecule has 1 aliphatic carbocycles. The van der Waals surface area contributed by atoms with Crippen LogP contribution in [0.2, 0.25) is 0 Å². The van der Waals surface area contributed by atoms with Crippen LogP contribution in [-0.4, -0.2) is 24.2 Å². The van der Waals surface area contributed by atoms with Crippen molar-refractivity contribution in [3.63, 3.8) is 0 Å². The van der Waals surface area contributed by atoms with Crippen LogP contribution in [0.1, 0.15) is 38.2 Å². The number of carbonyl (C=O) groups excluding carboxylic acids is 1. The molecular formula is C18H17F3O5. The van der Waals surface area contributed by atoms with Crippen LogP contribution in [0.4, 0.5) is 13.2 Å². The molecule has 8 heteroatoms. The minimum Gasteiger partial charge on any atom is -0.481 e. The molecule has 1 saturated carbocycles. The molecule has 1 aliphatic rings. The van der Waals surface area contributed by atoms with Gasteiger partial charge >= 0.3 is 11.9 Å². The molecule has 1 aromatic rings. The van der Waals surface area contributed by atoms with Crippen LogP contribution >= 0.6 is 0 Å². The number of furan rings is 1. The summed E-state index contributed by atoms with van der Waals surface area (Å²) in [6.45, 7) is 3.24. The fraction of sp³-hybridized carbons (Fsp3) is 0.444. The minimum absolute atomic E-state index is 0.0212. The molecule has 0 saturated heterocycles. The highest BCUT2D eigenvalue weighted by Crippen LogP contribution is 2.71. The van der Waals surface area contributed by atoms with Gasteiger partial charge in [0.2, 0.25) is 5.83 Å². The smallest absolute Gasteiger partial charge is 0.366 e. The number of esters is 1. The van der Waals surface area contributed by atoms with Crippen molar-refractivity contribution in [3.8, 4) is 11.8 Å². The number of carboxylic acid groups (broad SMARTS) is 1. The van der Waals surface area contributed by atoms with Crippen molar-refractivity contribution >= 4 is 11.9 Å². The first-order valence-corrected chi connectivity index (χ1v) is 7.63. The molecule has 0 amide bonds. The summed E-state index contributed by atoms with van der Waals surface area (Å²) in [7, 11) is 1.01. The van der Waals surface area contributed by atoms with E-state index in [0.717, 1.165) is 19.3 Å². The molecule has 0 unspecified atom stereocenters. The van der Waals surface area contributed by atoms with Gasteiger partial charge in [0.15, 0.2) is 11.5 Å². The Morgan fingerprint density at radius 2 is 2.08 bits per heavy atom. The fourth-order valence-electron chi connectivity index (χ4n) is 3.19. The second-order valence-corrected chi connectivity index (χ2v) is 6.46. The molecule has 1 fully saturated rings. The molecule has 1 N–H and O–H groups in total. The first kappa shape index (κ1) is 19.6. The number of halogens is 3. The number of methoxy groups -OCH3 is 1. The Morgan fingerprint density at radius 3 is 2.58 bits per heavy atom. The normalized spacial score (nSPS) is 24.0. The minimum atomic E-state index is -2.77. The lowest BCUT2D eigenvalue weighted by Crippen LogP contribution is -2.21. The van der Waals surface area contributed by atoms with Crippen LogP contribution in [0.25, 0.3) is 0 Å². The number of aliphatic carboxylic acids is 1. The Morgan fingerprint density at radius 1 is 1.42 bits per heavy atom. The van der Waals surface area contributed by atoms with E-state index in [0.29, 0.717) is 0 Å². The highest BCUT2D eigenvalue weighted by atomic mass is 19.3. The van der Waals surface area contributed by atoms with E-state index >= 15 is 0 Å². The Hall–Kier alpha value is -2.69. The summed E-state index contributed by atoms with van der Waals surface area (Å²) in [6.07, 6.45) is -2.01. The Bertz CT molecular complexity index is 812. The van der Waals surface area contributed by atoms with E-state index in [1.165, 1.54) is 6.07 Å². The molecule has 26 heavy (non-hydrogen) atoms. The van der Waals surface area contributed by atoms with Gasteiger partial charge in [-0.1, -0.05) is 19.8 Å². The van der Waals surface area contributed by atoms with E-state index in [1.807, 2.05) is 0 Å². The van der Waals surface area contributed by atoms with E-state index in [9.17, 15) is 27.9 Å². The van der Waals surface area contributed by atoms with Crippen molar-refractivity contribution in [2.45, 2.75) is 26.7 Å². The second-order valence-electron chi connectivity index (χ2n) is 6.46. The zero-order chi connectivity index (χ0) is 19.7. The maximum Gasteiger partial charge on any atom is 0.366 e. The van der Waals surface area contributed by atoms with Crippen molar-refractivity contribution in [2.75, 3.05) is 7.11 Å². The molecule has 1 aromatic heterocycles. The third-order valence-corrected chi connectivity index (χ3v) is 4.87. The van der Waals surface area contributed by atoms with Gasteiger partial charge in [0, 0.05) is 12.3 Å². The molecule has 0 spiro atoms. The zero-order valence-electron chi connectivity index (χ0n) is 14.3. The summed E-state index contributed by atoms with van der Waals surface area (Å²) in [5.74, 6) is 0.213. The second kappa shape index (κ2) is 6.90. The van der Waals surface area contributed by atoms with Gasteiger partial charge in [-0.15, -0.1) is 0 Å². The van der Waals surface area contributed by atoms with E-state index in [1.54, 1.807) is 13.8 Å². The molecule has 140 valence electrons. The summed E-state index contributed by atoms with van der Waals surface area (Å²) in [5.41, 5.74) is -2.28. The molecule has 5 nitrogen and oxygen atoms in total. The monoisotopic (exact) mass is 370 g/mol. The van der Waals surface area contributed by atoms with Crippen LogP contribution in [0.15, 0.2) is 28.5 Å². The van der Waals surface area contributed by atoms with Gasteiger partial charge in [0.1, 0.15) is 0 Å². The van der Waals surface area contributed by atoms with Crippen LogP contribution in [-0.2, 0) is 14.3 Å². The summed E-state index contributed by atoms with van der Waals surface area (Å²) in [5, 5.41) is 9.63. The summed E-state index contributed by atoms with van der Waals surface area (Å²) >= 11 is 0. The van der Waals surface area contributed by atoms with Gasteiger partial charge in [-0.25, -0.2) is 13.6 Å². The highest BCUT2D eigenvalue weighted by molar-refractivity contribution is 5.87. The number of rotatable bonds is 5. The molecule has 0 aliphatic heterocycles. The summed E-state index contributed by atoms with van der Waals surface area (Å²) < 4.78 is 47.8. The van der Waals surface area contributed by atoms with Gasteiger partial charge in [0.25, 0.3) is 6.43 Å². The molecular weight excluding hydrogens is 353 g/mol. The summed E-state index contributed by atoms with van der Waals surface area (Å²) in [4.78, 5) is 23.0. The lowest BCUT2D eigenvalue weighted by Gasteiger charge is -2.11. The van der Waals surface area contributed by atoms with Crippen molar-refractivity contribution in [3.05, 3.63) is 35.6 Å². The lowest BCUT2D eigenvalue weighted by atomic mass is 9.92. The number of carboxylic acids is 1. The lowest BCUT2D eigenvalue weighted by molar-refractivity contribution is -0.145. The van der Waals surface area contributed by atoms with Gasteiger partial charge in [-0.05, 0) is 29.5 Å². The third kappa shape index (κ3) is 3.21. The number of hydrogen-bond acceptors (Lipinski definition) is 4. The maximum atomic E-state index is 13.8. The standard InChI is InChI=1S/C18H17F3O5/c1-17(2)13(9-11(19)15(22)25-3)18(17,16(23)24)8-4-5-10-6-7-12(26-10)14(20)21/h6-7,9,13-14H,8H2,1-3H3,(H,23,24)/b11-9-/t13-,18-/m0/s1. The Balaban J connectivity index is 2.25. The van der Waals surface area contributed by atoms with Crippen molar-refractivity contribution in [1.29, 1.82) is 0 Å². The van der Waals surface area contributed by atoms with Crippen LogP contribution in [0.5, 0.6) is 0 Å². The first-order valence-electron chi connectivity index (χ1n) is 7.63. The van der Waals surface area contributed by atoms with Crippen molar-refractivity contribution < 1.29 is 37.0 Å². The Labute approximate surface area is 147 Å². The fourth-order valence-corrected chi connectivity index (χ4v) is 3.19. The van der Waals surface area contributed by atoms with Crippen molar-refractivity contribution in [2.24, 2.45) is 16.7 Å². The average molecular weight is 370 g/mol. The highest BCUT2D eigenvalue weighted by Gasteiger charge is 2.74. The van der Waals surface area contributed by atoms with E-state index in [-0.39, 0.29) is 12.2 Å². The number of allylic oxidation sites excluding steroid dienone is 1.